The molecule has 3 rings (SSSR count). The molecule has 8 heteroatoms. The topological polar surface area (TPSA) is 78.9 Å². The molecule has 0 radical (unpaired) electrons. The second kappa shape index (κ2) is 20.3. The molecular formula is C35H55N2NiO4S-3. The van der Waals surface area contributed by atoms with Crippen LogP contribution in [-0.2, 0) is 24.9 Å². The third-order valence-electron chi connectivity index (χ3n) is 7.91. The summed E-state index contributed by atoms with van der Waals surface area (Å²) in [6, 6.07) is 13.4. The number of aliphatic hydroxyl groups excluding tert-OH is 1. The quantitative estimate of drug-likeness (QED) is 0.135. The Morgan fingerprint density at radius 2 is 1.58 bits per heavy atom. The number of ether oxygens (including phenoxy) is 1. The number of rotatable bonds is 14. The first-order chi connectivity index (χ1) is 20.6. The Morgan fingerprint density at radius 1 is 1.00 bits per heavy atom. The van der Waals surface area contributed by atoms with Crippen molar-refractivity contribution in [3.63, 3.8) is 0 Å². The van der Waals surface area contributed by atoms with E-state index in [1.807, 2.05) is 55.4 Å². The van der Waals surface area contributed by atoms with Gasteiger partial charge in [-0.2, -0.15) is 6.42 Å². The number of nitrogens with one attached hydrogen (secondary N) is 1. The number of hydrogen-bond acceptors (Lipinski definition) is 6. The van der Waals surface area contributed by atoms with Crippen LogP contribution < -0.4 is 15.0 Å². The Hall–Kier alpha value is -1.73. The summed E-state index contributed by atoms with van der Waals surface area (Å²) < 4.78 is 33.6. The summed E-state index contributed by atoms with van der Waals surface area (Å²) in [5.41, 5.74) is 4.70. The van der Waals surface area contributed by atoms with E-state index in [4.69, 9.17) is 4.74 Å². The Balaban J connectivity index is 0.00000120. The van der Waals surface area contributed by atoms with Gasteiger partial charge in [0, 0.05) is 31.1 Å². The van der Waals surface area contributed by atoms with Crippen molar-refractivity contribution in [2.45, 2.75) is 82.1 Å². The summed E-state index contributed by atoms with van der Waals surface area (Å²) in [4.78, 5) is 2.32. The zero-order valence-corrected chi connectivity index (χ0v) is 28.7. The van der Waals surface area contributed by atoms with Crippen molar-refractivity contribution >= 4 is 21.0 Å². The third kappa shape index (κ3) is 11.3. The summed E-state index contributed by atoms with van der Waals surface area (Å²) in [6.07, 6.45) is 5.99. The normalized spacial score (nSPS) is 18.2. The fourth-order valence-electron chi connectivity index (χ4n) is 5.58. The van der Waals surface area contributed by atoms with E-state index in [1.54, 1.807) is 6.07 Å². The molecule has 2 atom stereocenters. The van der Waals surface area contributed by atoms with Crippen molar-refractivity contribution in [3.05, 3.63) is 74.4 Å². The van der Waals surface area contributed by atoms with Gasteiger partial charge in [0.05, 0.1) is 23.4 Å². The standard InChI is InChI=1S/C30H44NO4S.C4H9N.CH2.Ni/c1-6-9-18-30(19-10-7-2)22-36(33,34)27-17-14-24(31(4)5)21-26(27)28(29(30)32)23-12-15-25(16-13-23)35-20-11-8-3;1-3-5-4-2;;/h12-17,21,28-29,32H,3,6-11,18-20,22H2,1-2,4-5H3;5H,1-4H2;1H2;/q-1;-2;;/t28-,29-;;;/m1.../s1. The Bertz CT molecular complexity index is 1140. The van der Waals surface area contributed by atoms with Crippen LogP contribution in [0.15, 0.2) is 47.4 Å². The number of sulfone groups is 1. The first kappa shape index (κ1) is 39.3. The number of hydrogen-bond donors (Lipinski definition) is 2. The summed E-state index contributed by atoms with van der Waals surface area (Å²) in [5, 5.41) is 15.1. The molecule has 2 aromatic carbocycles. The Kier molecular flexibility index (Phi) is 18.6. The molecule has 0 spiro atoms. The van der Waals surface area contributed by atoms with Crippen LogP contribution in [0, 0.1) is 26.2 Å². The molecule has 2 N–H and O–H groups in total. The van der Waals surface area contributed by atoms with Gasteiger partial charge in [-0.1, -0.05) is 51.7 Å². The molecule has 1 aliphatic rings. The van der Waals surface area contributed by atoms with Gasteiger partial charge in [-0.3, -0.25) is 0 Å². The predicted molar refractivity (Wildman–Crippen MR) is 179 cm³/mol. The molecule has 0 aliphatic carbocycles. The van der Waals surface area contributed by atoms with Crippen LogP contribution in [0.2, 0.25) is 0 Å². The Morgan fingerprint density at radius 3 is 2.05 bits per heavy atom. The molecule has 1 aliphatic heterocycles. The number of fused-ring (bicyclic) bond motifs is 1. The van der Waals surface area contributed by atoms with E-state index in [1.165, 1.54) is 0 Å². The molecule has 2 aromatic rings. The molecular weight excluding hydrogens is 603 g/mol. The minimum atomic E-state index is -3.60. The molecule has 0 saturated heterocycles. The molecule has 248 valence electrons. The minimum absolute atomic E-state index is 0.0156. The van der Waals surface area contributed by atoms with Crippen LogP contribution in [0.25, 0.3) is 0 Å². The monoisotopic (exact) mass is 657 g/mol. The van der Waals surface area contributed by atoms with Crippen molar-refractivity contribution < 1.29 is 33.3 Å². The van der Waals surface area contributed by atoms with Gasteiger partial charge in [0.1, 0.15) is 5.75 Å². The molecule has 0 amide bonds. The number of benzene rings is 2. The number of nitrogens with zero attached hydrogens (tertiary/aromatic N) is 1. The maximum absolute atomic E-state index is 13.9. The summed E-state index contributed by atoms with van der Waals surface area (Å²) in [6.45, 7) is 17.3. The molecule has 0 fully saturated rings. The van der Waals surface area contributed by atoms with E-state index in [-0.39, 0.29) is 5.75 Å². The van der Waals surface area contributed by atoms with E-state index in [9.17, 15) is 13.5 Å². The van der Waals surface area contributed by atoms with Crippen LogP contribution in [0.1, 0.15) is 82.3 Å². The van der Waals surface area contributed by atoms with Gasteiger partial charge in [0.2, 0.25) is 0 Å². The third-order valence-corrected chi connectivity index (χ3v) is 9.91. The Labute approximate surface area is 270 Å². The second-order valence-corrected chi connectivity index (χ2v) is 13.2. The van der Waals surface area contributed by atoms with Gasteiger partial charge >= 0.3 is 20.5 Å². The van der Waals surface area contributed by atoms with Crippen LogP contribution in [0.4, 0.5) is 5.69 Å². The van der Waals surface area contributed by atoms with Gasteiger partial charge in [0.15, 0.2) is 9.84 Å². The first-order valence-electron chi connectivity index (χ1n) is 15.4. The van der Waals surface area contributed by atoms with Gasteiger partial charge in [0.25, 0.3) is 0 Å². The van der Waals surface area contributed by atoms with Crippen LogP contribution >= 0.6 is 0 Å². The van der Waals surface area contributed by atoms with Crippen LogP contribution in [-0.4, -0.2) is 64.7 Å². The van der Waals surface area contributed by atoms with Crippen LogP contribution in [0.3, 0.4) is 0 Å². The van der Waals surface area contributed by atoms with Gasteiger partial charge in [-0.05, 0) is 60.7 Å². The van der Waals surface area contributed by atoms with E-state index < -0.39 is 27.3 Å². The predicted octanol–water partition coefficient (Wildman–Crippen LogP) is 6.60. The number of anilines is 1. The van der Waals surface area contributed by atoms with E-state index >= 15 is 0 Å². The molecule has 0 bridgehead atoms. The number of aliphatic hydroxyl groups is 1. The number of unbranched alkanes of at least 4 members (excludes halogenated alkanes) is 3. The molecule has 1 heterocycles. The molecule has 0 saturated carbocycles. The van der Waals surface area contributed by atoms with E-state index in [2.05, 4.69) is 60.5 Å². The maximum atomic E-state index is 13.9. The summed E-state index contributed by atoms with van der Waals surface area (Å²) in [5.74, 6) is 0.311. The van der Waals surface area contributed by atoms with E-state index in [0.717, 1.165) is 68.6 Å². The zero-order valence-electron chi connectivity index (χ0n) is 26.9. The molecule has 0 unspecified atom stereocenters. The SMILES string of the molecule is [CH2-]CCCOc1ccc([C@@H]2c3cc(N(C)C)ccc3S(=O)(=O)CC(CCCC)(CCCC)[C@@H]2O)cc1.[CH2-]CNC[CH2-].[CH2]=[Ni]. The van der Waals surface area contributed by atoms with Gasteiger partial charge in [-0.25, -0.2) is 8.42 Å². The first-order valence-corrected chi connectivity index (χ1v) is 17.7. The van der Waals surface area contributed by atoms with Crippen molar-refractivity contribution in [2.24, 2.45) is 5.41 Å². The second-order valence-electron chi connectivity index (χ2n) is 11.2. The summed E-state index contributed by atoms with van der Waals surface area (Å²) in [7, 11) is 0.300. The summed E-state index contributed by atoms with van der Waals surface area (Å²) >= 11 is 3.62. The van der Waals surface area contributed by atoms with E-state index in [0.29, 0.717) is 29.9 Å². The van der Waals surface area contributed by atoms with Crippen molar-refractivity contribution in [1.29, 1.82) is 0 Å². The van der Waals surface area contributed by atoms with Gasteiger partial charge in [-0.15, -0.1) is 13.1 Å². The van der Waals surface area contributed by atoms with Gasteiger partial charge < -0.3 is 40.8 Å². The molecule has 43 heavy (non-hydrogen) atoms. The van der Waals surface area contributed by atoms with Crippen molar-refractivity contribution in [2.75, 3.05) is 44.4 Å². The average Bonchev–Trinajstić information content (AvgIpc) is 3.07. The zero-order chi connectivity index (χ0) is 32.5. The molecule has 6 nitrogen and oxygen atoms in total. The average molecular weight is 659 g/mol. The fraction of sp³-hybridized carbons (Fsp3) is 0.543. The molecule has 0 aromatic heterocycles. The van der Waals surface area contributed by atoms with Crippen molar-refractivity contribution in [3.8, 4) is 5.75 Å². The van der Waals surface area contributed by atoms with Crippen LogP contribution in [0.5, 0.6) is 5.75 Å². The van der Waals surface area contributed by atoms with Crippen molar-refractivity contribution in [1.82, 2.24) is 5.32 Å². The fourth-order valence-corrected chi connectivity index (χ4v) is 7.77.